The lowest BCUT2D eigenvalue weighted by Crippen LogP contribution is -1.98. The Morgan fingerprint density at radius 1 is 1.30 bits per heavy atom. The molecule has 0 atom stereocenters. The number of aromatic nitrogens is 2. The number of hydrogen-bond donors (Lipinski definition) is 0. The molecule has 0 unspecified atom stereocenters. The summed E-state index contributed by atoms with van der Waals surface area (Å²) in [6.07, 6.45) is 2.14. The lowest BCUT2D eigenvalue weighted by Gasteiger charge is -2.07. The van der Waals surface area contributed by atoms with E-state index in [1.165, 1.54) is 6.07 Å². The van der Waals surface area contributed by atoms with Crippen LogP contribution in [-0.2, 0) is 0 Å². The molecule has 2 aromatic rings. The minimum atomic E-state index is -0.479. The molecular formula is C13H10BrN3O3. The van der Waals surface area contributed by atoms with Gasteiger partial charge in [-0.2, -0.15) is 4.98 Å². The number of nitro benzene ring substituents is 1. The van der Waals surface area contributed by atoms with Gasteiger partial charge in [0.1, 0.15) is 10.4 Å². The van der Waals surface area contributed by atoms with E-state index in [9.17, 15) is 10.1 Å². The van der Waals surface area contributed by atoms with Crippen LogP contribution in [0.25, 0.3) is 0 Å². The molecule has 0 aliphatic heterocycles. The van der Waals surface area contributed by atoms with Crippen LogP contribution in [0.2, 0.25) is 0 Å². The zero-order valence-electron chi connectivity index (χ0n) is 10.3. The van der Waals surface area contributed by atoms with E-state index in [2.05, 4.69) is 25.9 Å². The SMILES string of the molecule is O=[N+]([O-])c1ccccc1Oc1cc(Br)nc(C2CC2)n1. The van der Waals surface area contributed by atoms with Crippen LogP contribution in [-0.4, -0.2) is 14.9 Å². The summed E-state index contributed by atoms with van der Waals surface area (Å²) in [4.78, 5) is 19.1. The molecule has 1 heterocycles. The van der Waals surface area contributed by atoms with Gasteiger partial charge < -0.3 is 4.74 Å². The van der Waals surface area contributed by atoms with Crippen molar-refractivity contribution >= 4 is 21.6 Å². The van der Waals surface area contributed by atoms with Crippen molar-refractivity contribution in [2.75, 3.05) is 0 Å². The van der Waals surface area contributed by atoms with Crippen LogP contribution in [0.1, 0.15) is 24.6 Å². The van der Waals surface area contributed by atoms with Crippen molar-refractivity contribution in [3.05, 3.63) is 50.9 Å². The van der Waals surface area contributed by atoms with Gasteiger partial charge in [0.05, 0.1) is 4.92 Å². The molecule has 1 aromatic heterocycles. The fourth-order valence-corrected chi connectivity index (χ4v) is 2.17. The number of nitro groups is 1. The maximum atomic E-state index is 10.9. The third-order valence-corrected chi connectivity index (χ3v) is 3.31. The molecule has 0 radical (unpaired) electrons. The van der Waals surface area contributed by atoms with Gasteiger partial charge in [0.25, 0.3) is 0 Å². The van der Waals surface area contributed by atoms with Crippen molar-refractivity contribution in [3.63, 3.8) is 0 Å². The van der Waals surface area contributed by atoms with E-state index in [0.717, 1.165) is 12.8 Å². The largest absolute Gasteiger partial charge is 0.432 e. The number of rotatable bonds is 4. The normalized spacial score (nSPS) is 14.1. The van der Waals surface area contributed by atoms with Gasteiger partial charge in [-0.05, 0) is 34.8 Å². The quantitative estimate of drug-likeness (QED) is 0.482. The van der Waals surface area contributed by atoms with Crippen LogP contribution in [0.5, 0.6) is 11.6 Å². The number of benzene rings is 1. The average Bonchev–Trinajstić information content (AvgIpc) is 3.22. The van der Waals surface area contributed by atoms with E-state index >= 15 is 0 Å². The first-order valence-electron chi connectivity index (χ1n) is 6.09. The molecule has 20 heavy (non-hydrogen) atoms. The van der Waals surface area contributed by atoms with Crippen LogP contribution in [0.15, 0.2) is 34.9 Å². The van der Waals surface area contributed by atoms with Gasteiger partial charge >= 0.3 is 5.69 Å². The minimum Gasteiger partial charge on any atom is -0.432 e. The van der Waals surface area contributed by atoms with E-state index in [-0.39, 0.29) is 11.4 Å². The molecule has 6 nitrogen and oxygen atoms in total. The summed E-state index contributed by atoms with van der Waals surface area (Å²) >= 11 is 3.30. The predicted octanol–water partition coefficient (Wildman–Crippen LogP) is 3.82. The molecule has 0 bridgehead atoms. The zero-order valence-corrected chi connectivity index (χ0v) is 11.9. The fraction of sp³-hybridized carbons (Fsp3) is 0.231. The molecule has 7 heteroatoms. The summed E-state index contributed by atoms with van der Waals surface area (Å²) in [5, 5.41) is 10.9. The first-order valence-corrected chi connectivity index (χ1v) is 6.88. The van der Waals surface area contributed by atoms with Crippen LogP contribution in [0, 0.1) is 10.1 Å². The van der Waals surface area contributed by atoms with E-state index in [0.29, 0.717) is 22.2 Å². The second-order valence-corrected chi connectivity index (χ2v) is 5.30. The molecule has 102 valence electrons. The van der Waals surface area contributed by atoms with Crippen LogP contribution >= 0.6 is 15.9 Å². The van der Waals surface area contributed by atoms with Gasteiger partial charge in [-0.1, -0.05) is 12.1 Å². The Hall–Kier alpha value is -2.02. The maximum absolute atomic E-state index is 10.9. The van der Waals surface area contributed by atoms with Crippen LogP contribution in [0.4, 0.5) is 5.69 Å². The van der Waals surface area contributed by atoms with Crippen molar-refractivity contribution in [1.82, 2.24) is 9.97 Å². The Morgan fingerprint density at radius 2 is 2.05 bits per heavy atom. The van der Waals surface area contributed by atoms with E-state index in [1.807, 2.05) is 0 Å². The van der Waals surface area contributed by atoms with Gasteiger partial charge in [-0.3, -0.25) is 10.1 Å². The maximum Gasteiger partial charge on any atom is 0.311 e. The Bertz CT molecular complexity index is 674. The second kappa shape index (κ2) is 5.16. The van der Waals surface area contributed by atoms with Gasteiger partial charge in [-0.25, -0.2) is 4.98 Å². The second-order valence-electron chi connectivity index (χ2n) is 4.49. The van der Waals surface area contributed by atoms with E-state index in [1.54, 1.807) is 24.3 Å². The number of para-hydroxylation sites is 2. The minimum absolute atomic E-state index is 0.0878. The molecule has 0 spiro atoms. The Kier molecular flexibility index (Phi) is 3.35. The molecular weight excluding hydrogens is 326 g/mol. The molecule has 1 aliphatic rings. The molecule has 1 aliphatic carbocycles. The van der Waals surface area contributed by atoms with E-state index in [4.69, 9.17) is 4.74 Å². The molecule has 0 N–H and O–H groups in total. The van der Waals surface area contributed by atoms with Crippen molar-refractivity contribution in [3.8, 4) is 11.6 Å². The van der Waals surface area contributed by atoms with Crippen molar-refractivity contribution in [2.45, 2.75) is 18.8 Å². The highest BCUT2D eigenvalue weighted by molar-refractivity contribution is 9.10. The monoisotopic (exact) mass is 335 g/mol. The third kappa shape index (κ3) is 2.77. The predicted molar refractivity (Wildman–Crippen MR) is 74.9 cm³/mol. The van der Waals surface area contributed by atoms with Crippen LogP contribution < -0.4 is 4.74 Å². The summed E-state index contributed by atoms with van der Waals surface area (Å²) < 4.78 is 6.16. The molecule has 0 saturated heterocycles. The topological polar surface area (TPSA) is 78.2 Å². The standard InChI is InChI=1S/C13H10BrN3O3/c14-11-7-12(16-13(15-11)8-5-6-8)20-10-4-2-1-3-9(10)17(18)19/h1-4,7-8H,5-6H2. The molecule has 0 amide bonds. The molecule has 1 saturated carbocycles. The zero-order chi connectivity index (χ0) is 14.1. The smallest absolute Gasteiger partial charge is 0.311 e. The average molecular weight is 336 g/mol. The lowest BCUT2D eigenvalue weighted by molar-refractivity contribution is -0.385. The van der Waals surface area contributed by atoms with Crippen LogP contribution in [0.3, 0.4) is 0 Å². The molecule has 1 fully saturated rings. The highest BCUT2D eigenvalue weighted by Gasteiger charge is 2.27. The summed E-state index contributed by atoms with van der Waals surface area (Å²) in [6, 6.07) is 7.82. The number of ether oxygens (including phenoxy) is 1. The fourth-order valence-electron chi connectivity index (χ4n) is 1.80. The highest BCUT2D eigenvalue weighted by atomic mass is 79.9. The first-order chi connectivity index (χ1) is 9.63. The molecule has 1 aromatic carbocycles. The van der Waals surface area contributed by atoms with Crippen molar-refractivity contribution in [1.29, 1.82) is 0 Å². The lowest BCUT2D eigenvalue weighted by atomic mass is 10.3. The summed E-state index contributed by atoms with van der Waals surface area (Å²) in [5.41, 5.74) is -0.0878. The summed E-state index contributed by atoms with van der Waals surface area (Å²) in [5.74, 6) is 1.57. The Morgan fingerprint density at radius 3 is 2.75 bits per heavy atom. The van der Waals surface area contributed by atoms with E-state index < -0.39 is 4.92 Å². The van der Waals surface area contributed by atoms with Gasteiger partial charge in [0.15, 0.2) is 0 Å². The van der Waals surface area contributed by atoms with Gasteiger partial charge in [-0.15, -0.1) is 0 Å². The third-order valence-electron chi connectivity index (χ3n) is 2.91. The Balaban J connectivity index is 1.93. The van der Waals surface area contributed by atoms with Gasteiger partial charge in [0, 0.05) is 18.1 Å². The number of nitrogens with zero attached hydrogens (tertiary/aromatic N) is 3. The summed E-state index contributed by atoms with van der Waals surface area (Å²) in [6.45, 7) is 0. The van der Waals surface area contributed by atoms with Crippen molar-refractivity contribution < 1.29 is 9.66 Å². The summed E-state index contributed by atoms with van der Waals surface area (Å²) in [7, 11) is 0. The first kappa shape index (κ1) is 13.0. The number of halogens is 1. The Labute approximate surface area is 123 Å². The van der Waals surface area contributed by atoms with Crippen molar-refractivity contribution in [2.24, 2.45) is 0 Å². The van der Waals surface area contributed by atoms with Gasteiger partial charge in [0.2, 0.25) is 11.6 Å². The number of hydrogen-bond acceptors (Lipinski definition) is 5. The highest BCUT2D eigenvalue weighted by Crippen LogP contribution is 2.39. The molecule has 3 rings (SSSR count).